The van der Waals surface area contributed by atoms with Gasteiger partial charge < -0.3 is 15.1 Å². The van der Waals surface area contributed by atoms with Crippen LogP contribution in [0.5, 0.6) is 0 Å². The largest absolute Gasteiger partial charge is 0.417 e. The molecule has 1 unspecified atom stereocenters. The van der Waals surface area contributed by atoms with Crippen LogP contribution in [0.3, 0.4) is 0 Å². The number of benzene rings is 1. The quantitative estimate of drug-likeness (QED) is 0.747. The van der Waals surface area contributed by atoms with Crippen molar-refractivity contribution in [1.82, 2.24) is 10.2 Å². The molecule has 2 aliphatic heterocycles. The molecule has 4 fully saturated rings. The highest BCUT2D eigenvalue weighted by molar-refractivity contribution is 5.87. The van der Waals surface area contributed by atoms with E-state index in [1.807, 2.05) is 4.90 Å². The molecule has 0 bridgehead atoms. The van der Waals surface area contributed by atoms with E-state index < -0.39 is 23.3 Å². The lowest BCUT2D eigenvalue weighted by atomic mass is 9.76. The highest BCUT2D eigenvalue weighted by atomic mass is 19.4. The van der Waals surface area contributed by atoms with Gasteiger partial charge in [0.1, 0.15) is 6.04 Å². The highest BCUT2D eigenvalue weighted by Gasteiger charge is 2.50. The second-order valence-corrected chi connectivity index (χ2v) is 10.1. The Morgan fingerprint density at radius 2 is 1.82 bits per heavy atom. The van der Waals surface area contributed by atoms with Gasteiger partial charge in [0, 0.05) is 37.3 Å². The third-order valence-electron chi connectivity index (χ3n) is 7.56. The number of nitriles is 1. The van der Waals surface area contributed by atoms with Crippen molar-refractivity contribution in [2.24, 2.45) is 11.3 Å². The van der Waals surface area contributed by atoms with E-state index in [0.717, 1.165) is 44.6 Å². The summed E-state index contributed by atoms with van der Waals surface area (Å²) in [4.78, 5) is 29.2. The maximum absolute atomic E-state index is 13.6. The van der Waals surface area contributed by atoms with E-state index >= 15 is 0 Å². The average Bonchev–Trinajstić information content (AvgIpc) is 3.72. The lowest BCUT2D eigenvalue weighted by Crippen LogP contribution is -2.44. The number of piperidine rings is 1. The summed E-state index contributed by atoms with van der Waals surface area (Å²) in [5.41, 5.74) is -1.32. The molecule has 2 saturated heterocycles. The molecule has 2 heterocycles. The third kappa shape index (κ3) is 4.40. The number of nitrogens with zero attached hydrogens (tertiary/aromatic N) is 3. The van der Waals surface area contributed by atoms with Crippen LogP contribution in [0.4, 0.5) is 18.9 Å². The molecular formula is C24H27F3N4O2. The maximum Gasteiger partial charge on any atom is 0.417 e. The van der Waals surface area contributed by atoms with Crippen LogP contribution >= 0.6 is 0 Å². The van der Waals surface area contributed by atoms with Crippen LogP contribution < -0.4 is 10.2 Å². The van der Waals surface area contributed by atoms with Gasteiger partial charge in [-0.05, 0) is 68.6 Å². The van der Waals surface area contributed by atoms with E-state index in [0.29, 0.717) is 31.7 Å². The standard InChI is InChI=1S/C24H27F3N4O2/c25-24(26,27)19-11-18(6-3-16(19)13-28)31-14-23(12-20(31)21(32)29-17-4-5-17)7-9-30(10-8-23)22(33)15-1-2-15/h3,6,11,15,17,20H,1-2,4-5,7-10,12,14H2,(H,29,32). The lowest BCUT2D eigenvalue weighted by Gasteiger charge is -2.39. The molecular weight excluding hydrogens is 433 g/mol. The fourth-order valence-corrected chi connectivity index (χ4v) is 5.28. The van der Waals surface area contributed by atoms with Gasteiger partial charge in [-0.3, -0.25) is 9.59 Å². The van der Waals surface area contributed by atoms with Gasteiger partial charge in [-0.1, -0.05) is 0 Å². The van der Waals surface area contributed by atoms with E-state index in [1.165, 1.54) is 12.1 Å². The summed E-state index contributed by atoms with van der Waals surface area (Å²) < 4.78 is 40.8. The molecule has 1 aromatic rings. The number of rotatable bonds is 4. The van der Waals surface area contributed by atoms with Crippen molar-refractivity contribution in [3.05, 3.63) is 29.3 Å². The number of likely N-dealkylation sites (tertiary alicyclic amines) is 1. The first-order valence-electron chi connectivity index (χ1n) is 11.7. The summed E-state index contributed by atoms with van der Waals surface area (Å²) in [5.74, 6) is 0.226. The Hall–Kier alpha value is -2.76. The molecule has 1 aromatic carbocycles. The Morgan fingerprint density at radius 3 is 2.39 bits per heavy atom. The molecule has 2 aliphatic carbocycles. The lowest BCUT2D eigenvalue weighted by molar-refractivity contribution is -0.137. The van der Waals surface area contributed by atoms with Gasteiger partial charge in [0.15, 0.2) is 0 Å². The number of hydrogen-bond donors (Lipinski definition) is 1. The number of hydrogen-bond acceptors (Lipinski definition) is 4. The summed E-state index contributed by atoms with van der Waals surface area (Å²) >= 11 is 0. The van der Waals surface area contributed by atoms with Gasteiger partial charge in [0.25, 0.3) is 0 Å². The molecule has 2 amide bonds. The van der Waals surface area contributed by atoms with E-state index in [4.69, 9.17) is 5.26 Å². The molecule has 5 rings (SSSR count). The molecule has 2 saturated carbocycles. The van der Waals surface area contributed by atoms with Crippen molar-refractivity contribution in [3.8, 4) is 6.07 Å². The van der Waals surface area contributed by atoms with E-state index in [-0.39, 0.29) is 29.2 Å². The summed E-state index contributed by atoms with van der Waals surface area (Å²) in [7, 11) is 0. The molecule has 9 heteroatoms. The van der Waals surface area contributed by atoms with E-state index in [1.54, 1.807) is 11.0 Å². The Morgan fingerprint density at radius 1 is 1.12 bits per heavy atom. The molecule has 0 aromatic heterocycles. The van der Waals surface area contributed by atoms with Crippen LogP contribution in [-0.2, 0) is 15.8 Å². The summed E-state index contributed by atoms with van der Waals surface area (Å²) in [6, 6.07) is 4.91. The van der Waals surface area contributed by atoms with Crippen LogP contribution in [0.1, 0.15) is 56.1 Å². The van der Waals surface area contributed by atoms with Crippen molar-refractivity contribution >= 4 is 17.5 Å². The number of carbonyl (C=O) groups excluding carboxylic acids is 2. The SMILES string of the molecule is N#Cc1ccc(N2CC3(CCN(C(=O)C4CC4)CC3)CC2C(=O)NC2CC2)cc1C(F)(F)F. The van der Waals surface area contributed by atoms with Gasteiger partial charge in [-0.25, -0.2) is 0 Å². The number of carbonyl (C=O) groups is 2. The Labute approximate surface area is 190 Å². The molecule has 1 atom stereocenters. The predicted molar refractivity (Wildman–Crippen MR) is 114 cm³/mol. The normalized spacial score (nSPS) is 24.6. The Balaban J connectivity index is 1.40. The van der Waals surface area contributed by atoms with Gasteiger partial charge in [-0.2, -0.15) is 18.4 Å². The molecule has 4 aliphatic rings. The number of nitrogens with one attached hydrogen (secondary N) is 1. The minimum atomic E-state index is -4.65. The van der Waals surface area contributed by atoms with Gasteiger partial charge >= 0.3 is 6.18 Å². The third-order valence-corrected chi connectivity index (χ3v) is 7.56. The summed E-state index contributed by atoms with van der Waals surface area (Å²) in [6.45, 7) is 1.72. The smallest absolute Gasteiger partial charge is 0.359 e. The number of anilines is 1. The van der Waals surface area contributed by atoms with E-state index in [9.17, 15) is 22.8 Å². The van der Waals surface area contributed by atoms with Crippen LogP contribution in [0.15, 0.2) is 18.2 Å². The Bertz CT molecular complexity index is 1000. The molecule has 1 N–H and O–H groups in total. The first-order chi connectivity index (χ1) is 15.7. The van der Waals surface area contributed by atoms with Crippen LogP contribution in [0.2, 0.25) is 0 Å². The van der Waals surface area contributed by atoms with Crippen LogP contribution in [0.25, 0.3) is 0 Å². The first kappa shape index (κ1) is 22.1. The van der Waals surface area contributed by atoms with Crippen molar-refractivity contribution in [2.75, 3.05) is 24.5 Å². The number of alkyl halides is 3. The summed E-state index contributed by atoms with van der Waals surface area (Å²) in [5, 5.41) is 12.2. The maximum atomic E-state index is 13.6. The predicted octanol–water partition coefficient (Wildman–Crippen LogP) is 3.45. The first-order valence-corrected chi connectivity index (χ1v) is 11.7. The monoisotopic (exact) mass is 460 g/mol. The fraction of sp³-hybridized carbons (Fsp3) is 0.625. The number of amides is 2. The fourth-order valence-electron chi connectivity index (χ4n) is 5.28. The molecule has 176 valence electrons. The Kier molecular flexibility index (Phi) is 5.30. The highest BCUT2D eigenvalue weighted by Crippen LogP contribution is 2.47. The van der Waals surface area contributed by atoms with Crippen molar-refractivity contribution in [1.29, 1.82) is 5.26 Å². The van der Waals surface area contributed by atoms with Gasteiger partial charge in [-0.15, -0.1) is 0 Å². The molecule has 6 nitrogen and oxygen atoms in total. The van der Waals surface area contributed by atoms with Gasteiger partial charge in [0.05, 0.1) is 17.2 Å². The second kappa shape index (κ2) is 7.93. The van der Waals surface area contributed by atoms with Crippen LogP contribution in [0, 0.1) is 22.7 Å². The van der Waals surface area contributed by atoms with Crippen LogP contribution in [-0.4, -0.2) is 48.4 Å². The minimum absolute atomic E-state index is 0.149. The second-order valence-electron chi connectivity index (χ2n) is 10.1. The average molecular weight is 461 g/mol. The number of halogens is 3. The zero-order valence-corrected chi connectivity index (χ0v) is 18.3. The molecule has 33 heavy (non-hydrogen) atoms. The summed E-state index contributed by atoms with van der Waals surface area (Å²) in [6.07, 6.45) is 1.13. The molecule has 0 radical (unpaired) electrons. The van der Waals surface area contributed by atoms with Crippen molar-refractivity contribution in [3.63, 3.8) is 0 Å². The van der Waals surface area contributed by atoms with E-state index in [2.05, 4.69) is 5.32 Å². The van der Waals surface area contributed by atoms with Crippen molar-refractivity contribution < 1.29 is 22.8 Å². The topological polar surface area (TPSA) is 76.4 Å². The zero-order valence-electron chi connectivity index (χ0n) is 18.3. The molecule has 1 spiro atoms. The minimum Gasteiger partial charge on any atom is -0.359 e. The van der Waals surface area contributed by atoms with Gasteiger partial charge in [0.2, 0.25) is 11.8 Å². The van der Waals surface area contributed by atoms with Crippen molar-refractivity contribution in [2.45, 2.75) is 63.2 Å². The zero-order chi connectivity index (χ0) is 23.4.